The number of rotatable bonds is 4. The number of aromatic nitrogens is 1. The van der Waals surface area contributed by atoms with E-state index in [1.54, 1.807) is 6.92 Å². The Morgan fingerprint density at radius 3 is 2.73 bits per heavy atom. The smallest absolute Gasteiger partial charge is 0.289 e. The first kappa shape index (κ1) is 11.7. The molecule has 1 unspecified atom stereocenters. The minimum atomic E-state index is -0.255. The van der Waals surface area contributed by atoms with Crippen molar-refractivity contribution in [3.63, 3.8) is 0 Å². The minimum absolute atomic E-state index is 0.0398. The monoisotopic (exact) mass is 211 g/mol. The quantitative estimate of drug-likeness (QED) is 0.768. The average Bonchev–Trinajstić information content (AvgIpc) is 2.60. The Morgan fingerprint density at radius 2 is 2.33 bits per heavy atom. The van der Waals surface area contributed by atoms with Crippen LogP contribution in [0.3, 0.4) is 0 Å². The summed E-state index contributed by atoms with van der Waals surface area (Å²) in [5.41, 5.74) is 6.14. The fourth-order valence-electron chi connectivity index (χ4n) is 1.25. The van der Waals surface area contributed by atoms with E-state index in [1.165, 1.54) is 6.39 Å². The van der Waals surface area contributed by atoms with E-state index in [0.29, 0.717) is 18.2 Å². The maximum Gasteiger partial charge on any atom is 0.289 e. The van der Waals surface area contributed by atoms with Gasteiger partial charge in [0.05, 0.1) is 5.69 Å². The highest BCUT2D eigenvalue weighted by atomic mass is 16.3. The molecule has 1 aromatic rings. The van der Waals surface area contributed by atoms with Crippen LogP contribution in [0.4, 0.5) is 0 Å². The van der Waals surface area contributed by atoms with Crippen LogP contribution in [-0.2, 0) is 0 Å². The molecule has 0 radical (unpaired) electrons. The van der Waals surface area contributed by atoms with Crippen molar-refractivity contribution in [2.24, 2.45) is 11.7 Å². The molecule has 5 heteroatoms. The lowest BCUT2D eigenvalue weighted by atomic mass is 10.0. The summed E-state index contributed by atoms with van der Waals surface area (Å²) in [4.78, 5) is 15.6. The van der Waals surface area contributed by atoms with Crippen molar-refractivity contribution in [1.29, 1.82) is 0 Å². The second kappa shape index (κ2) is 4.93. The van der Waals surface area contributed by atoms with E-state index in [2.05, 4.69) is 10.3 Å². The van der Waals surface area contributed by atoms with E-state index < -0.39 is 0 Å². The summed E-state index contributed by atoms with van der Waals surface area (Å²) in [5.74, 6) is 0.297. The molecule has 84 valence electrons. The first-order chi connectivity index (χ1) is 7.06. The third-order valence-electron chi connectivity index (χ3n) is 2.33. The van der Waals surface area contributed by atoms with Gasteiger partial charge in [-0.3, -0.25) is 4.79 Å². The maximum absolute atomic E-state index is 11.7. The van der Waals surface area contributed by atoms with Crippen molar-refractivity contribution in [1.82, 2.24) is 10.3 Å². The topological polar surface area (TPSA) is 81.2 Å². The Labute approximate surface area is 89.1 Å². The molecule has 0 spiro atoms. The Morgan fingerprint density at radius 1 is 1.67 bits per heavy atom. The molecule has 0 aliphatic carbocycles. The first-order valence-electron chi connectivity index (χ1n) is 4.97. The lowest BCUT2D eigenvalue weighted by molar-refractivity contribution is 0.0898. The van der Waals surface area contributed by atoms with E-state index in [0.717, 1.165) is 0 Å². The van der Waals surface area contributed by atoms with Gasteiger partial charge < -0.3 is 15.5 Å². The normalized spacial score (nSPS) is 12.9. The third kappa shape index (κ3) is 2.79. The van der Waals surface area contributed by atoms with Crippen LogP contribution in [0.5, 0.6) is 0 Å². The predicted octanol–water partition coefficient (Wildman–Crippen LogP) is 0.696. The van der Waals surface area contributed by atoms with Gasteiger partial charge in [0.25, 0.3) is 5.91 Å². The van der Waals surface area contributed by atoms with Gasteiger partial charge in [0.15, 0.2) is 6.39 Å². The lowest BCUT2D eigenvalue weighted by Crippen LogP contribution is -2.43. The number of nitrogens with zero attached hydrogens (tertiary/aromatic N) is 1. The zero-order chi connectivity index (χ0) is 11.4. The Kier molecular flexibility index (Phi) is 3.85. The molecular formula is C10H17N3O2. The van der Waals surface area contributed by atoms with Crippen molar-refractivity contribution < 1.29 is 9.21 Å². The molecule has 0 aliphatic rings. The lowest BCUT2D eigenvalue weighted by Gasteiger charge is -2.19. The van der Waals surface area contributed by atoms with Gasteiger partial charge in [-0.1, -0.05) is 13.8 Å². The van der Waals surface area contributed by atoms with Gasteiger partial charge in [-0.2, -0.15) is 0 Å². The molecule has 0 bridgehead atoms. The standard InChI is InChI=1S/C10H17N3O2/c1-6(2)8(4-11)13-10(14)9-7(3)12-5-15-9/h5-6,8H,4,11H2,1-3H3,(H,13,14). The Balaban J connectivity index is 2.67. The molecule has 1 amide bonds. The average molecular weight is 211 g/mol. The summed E-state index contributed by atoms with van der Waals surface area (Å²) in [6.45, 7) is 6.15. The van der Waals surface area contributed by atoms with Gasteiger partial charge in [-0.15, -0.1) is 0 Å². The molecule has 5 nitrogen and oxygen atoms in total. The van der Waals surface area contributed by atoms with Crippen molar-refractivity contribution in [3.05, 3.63) is 17.8 Å². The number of amides is 1. The molecule has 0 saturated carbocycles. The van der Waals surface area contributed by atoms with Crippen LogP contribution in [0, 0.1) is 12.8 Å². The van der Waals surface area contributed by atoms with Crippen LogP contribution in [0.15, 0.2) is 10.8 Å². The molecule has 1 aromatic heterocycles. The van der Waals surface area contributed by atoms with Gasteiger partial charge in [-0.05, 0) is 12.8 Å². The Bertz CT molecular complexity index is 333. The molecule has 15 heavy (non-hydrogen) atoms. The van der Waals surface area contributed by atoms with E-state index >= 15 is 0 Å². The molecule has 1 heterocycles. The summed E-state index contributed by atoms with van der Waals surface area (Å²) in [6.07, 6.45) is 1.26. The third-order valence-corrected chi connectivity index (χ3v) is 2.33. The number of oxazole rings is 1. The highest BCUT2D eigenvalue weighted by Gasteiger charge is 2.19. The molecule has 1 rings (SSSR count). The van der Waals surface area contributed by atoms with Crippen LogP contribution < -0.4 is 11.1 Å². The number of nitrogens with two attached hydrogens (primary N) is 1. The molecule has 3 N–H and O–H groups in total. The number of carbonyl (C=O) groups excluding carboxylic acids is 1. The summed E-state index contributed by atoms with van der Waals surface area (Å²) in [5, 5.41) is 2.81. The fourth-order valence-corrected chi connectivity index (χ4v) is 1.25. The molecule has 0 aliphatic heterocycles. The van der Waals surface area contributed by atoms with Gasteiger partial charge in [-0.25, -0.2) is 4.98 Å². The van der Waals surface area contributed by atoms with Gasteiger partial charge in [0, 0.05) is 12.6 Å². The SMILES string of the molecule is Cc1ncoc1C(=O)NC(CN)C(C)C. The predicted molar refractivity (Wildman–Crippen MR) is 56.4 cm³/mol. The van der Waals surface area contributed by atoms with Crippen molar-refractivity contribution in [3.8, 4) is 0 Å². The Hall–Kier alpha value is -1.36. The molecule has 0 aromatic carbocycles. The summed E-state index contributed by atoms with van der Waals surface area (Å²) < 4.78 is 4.99. The molecule has 0 saturated heterocycles. The van der Waals surface area contributed by atoms with E-state index in [-0.39, 0.29) is 17.7 Å². The van der Waals surface area contributed by atoms with Crippen molar-refractivity contribution >= 4 is 5.91 Å². The minimum Gasteiger partial charge on any atom is -0.438 e. The van der Waals surface area contributed by atoms with Crippen molar-refractivity contribution in [2.75, 3.05) is 6.54 Å². The molecule has 1 atom stereocenters. The van der Waals surface area contributed by atoms with Crippen LogP contribution in [0.1, 0.15) is 30.1 Å². The van der Waals surface area contributed by atoms with Crippen LogP contribution >= 0.6 is 0 Å². The number of hydrogen-bond acceptors (Lipinski definition) is 4. The zero-order valence-corrected chi connectivity index (χ0v) is 9.28. The van der Waals surface area contributed by atoms with Crippen LogP contribution in [0.2, 0.25) is 0 Å². The summed E-state index contributed by atoms with van der Waals surface area (Å²) in [6, 6.07) is -0.0398. The van der Waals surface area contributed by atoms with Gasteiger partial charge in [0.2, 0.25) is 5.76 Å². The second-order valence-corrected chi connectivity index (χ2v) is 3.83. The number of nitrogens with one attached hydrogen (secondary N) is 1. The number of hydrogen-bond donors (Lipinski definition) is 2. The number of carbonyl (C=O) groups is 1. The van der Waals surface area contributed by atoms with Gasteiger partial charge >= 0.3 is 0 Å². The number of aryl methyl sites for hydroxylation is 1. The first-order valence-corrected chi connectivity index (χ1v) is 4.97. The summed E-state index contributed by atoms with van der Waals surface area (Å²) in [7, 11) is 0. The fraction of sp³-hybridized carbons (Fsp3) is 0.600. The van der Waals surface area contributed by atoms with Crippen LogP contribution in [0.25, 0.3) is 0 Å². The van der Waals surface area contributed by atoms with E-state index in [1.807, 2.05) is 13.8 Å². The van der Waals surface area contributed by atoms with E-state index in [4.69, 9.17) is 10.2 Å². The molecular weight excluding hydrogens is 194 g/mol. The van der Waals surface area contributed by atoms with Crippen LogP contribution in [-0.4, -0.2) is 23.5 Å². The maximum atomic E-state index is 11.7. The van der Waals surface area contributed by atoms with Crippen molar-refractivity contribution in [2.45, 2.75) is 26.8 Å². The molecule has 0 fully saturated rings. The summed E-state index contributed by atoms with van der Waals surface area (Å²) >= 11 is 0. The zero-order valence-electron chi connectivity index (χ0n) is 9.28. The highest BCUT2D eigenvalue weighted by molar-refractivity contribution is 5.92. The van der Waals surface area contributed by atoms with Gasteiger partial charge in [0.1, 0.15) is 0 Å². The highest BCUT2D eigenvalue weighted by Crippen LogP contribution is 2.06. The second-order valence-electron chi connectivity index (χ2n) is 3.83. The van der Waals surface area contributed by atoms with E-state index in [9.17, 15) is 4.79 Å². The largest absolute Gasteiger partial charge is 0.438 e.